The predicted octanol–water partition coefficient (Wildman–Crippen LogP) is 1.12. The van der Waals surface area contributed by atoms with Gasteiger partial charge in [-0.2, -0.15) is 0 Å². The summed E-state index contributed by atoms with van der Waals surface area (Å²) in [6, 6.07) is 5.50. The normalized spacial score (nSPS) is 9.88. The van der Waals surface area contributed by atoms with E-state index in [-0.39, 0.29) is 0 Å². The molecule has 2 rings (SSSR count). The largest absolute Gasteiger partial charge is 0.389 e. The summed E-state index contributed by atoms with van der Waals surface area (Å²) in [4.78, 5) is 12.5. The van der Waals surface area contributed by atoms with Crippen molar-refractivity contribution >= 4 is 23.0 Å². The van der Waals surface area contributed by atoms with Crippen LogP contribution in [0.2, 0.25) is 0 Å². The number of hydrogen-bond acceptors (Lipinski definition) is 5. The Balaban J connectivity index is 1.98. The van der Waals surface area contributed by atoms with Crippen LogP contribution >= 0.6 is 12.2 Å². The first kappa shape index (κ1) is 11.4. The van der Waals surface area contributed by atoms with Crippen LogP contribution in [0.3, 0.4) is 0 Å². The van der Waals surface area contributed by atoms with E-state index in [4.69, 9.17) is 18.0 Å². The fraction of sp³-hybridized carbons (Fsp3) is 0.0909. The molecular formula is C11H11N5S. The molecule has 86 valence electrons. The molecule has 3 N–H and O–H groups in total. The zero-order valence-corrected chi connectivity index (χ0v) is 9.81. The Morgan fingerprint density at radius 1 is 1.29 bits per heavy atom. The Morgan fingerprint density at radius 2 is 2.18 bits per heavy atom. The molecule has 0 unspecified atom stereocenters. The van der Waals surface area contributed by atoms with E-state index in [9.17, 15) is 0 Å². The summed E-state index contributed by atoms with van der Waals surface area (Å²) < 4.78 is 0. The monoisotopic (exact) mass is 245 g/mol. The number of pyridine rings is 1. The summed E-state index contributed by atoms with van der Waals surface area (Å²) in [5.74, 6) is 0.753. The molecule has 0 aliphatic carbocycles. The molecule has 2 heterocycles. The molecule has 0 spiro atoms. The van der Waals surface area contributed by atoms with Crippen molar-refractivity contribution in [3.63, 3.8) is 0 Å². The third kappa shape index (κ3) is 3.18. The van der Waals surface area contributed by atoms with E-state index in [1.807, 2.05) is 18.2 Å². The Hall–Kier alpha value is -2.08. The molecule has 2 aromatic heterocycles. The van der Waals surface area contributed by atoms with E-state index in [0.717, 1.165) is 17.1 Å². The summed E-state index contributed by atoms with van der Waals surface area (Å²) in [5.41, 5.74) is 7.14. The first-order chi connectivity index (χ1) is 8.25. The van der Waals surface area contributed by atoms with E-state index in [1.165, 1.54) is 6.33 Å². The minimum atomic E-state index is 0.347. The third-order valence-electron chi connectivity index (χ3n) is 2.14. The van der Waals surface area contributed by atoms with Crippen molar-refractivity contribution in [2.24, 2.45) is 5.73 Å². The number of rotatable bonds is 4. The van der Waals surface area contributed by atoms with Crippen LogP contribution in [0.25, 0.3) is 0 Å². The average molecular weight is 245 g/mol. The van der Waals surface area contributed by atoms with E-state index >= 15 is 0 Å². The Bertz CT molecular complexity index is 497. The number of thiocarbonyl (C=S) groups is 1. The molecule has 0 aliphatic rings. The molecule has 0 bridgehead atoms. The van der Waals surface area contributed by atoms with Gasteiger partial charge in [-0.3, -0.25) is 0 Å². The highest BCUT2D eigenvalue weighted by Crippen LogP contribution is 2.06. The van der Waals surface area contributed by atoms with Crippen LogP contribution in [0.15, 0.2) is 36.9 Å². The molecule has 0 saturated carbocycles. The zero-order chi connectivity index (χ0) is 12.1. The number of nitrogens with two attached hydrogens (primary N) is 1. The number of hydrogen-bond donors (Lipinski definition) is 2. The second-order valence-electron chi connectivity index (χ2n) is 3.35. The fourth-order valence-corrected chi connectivity index (χ4v) is 1.37. The van der Waals surface area contributed by atoms with Gasteiger partial charge in [-0.25, -0.2) is 15.0 Å². The maximum Gasteiger partial charge on any atom is 0.126 e. The molecule has 5 nitrogen and oxygen atoms in total. The molecule has 0 atom stereocenters. The van der Waals surface area contributed by atoms with Crippen molar-refractivity contribution in [2.75, 3.05) is 5.32 Å². The molecule has 0 radical (unpaired) electrons. The van der Waals surface area contributed by atoms with Gasteiger partial charge in [0, 0.05) is 18.0 Å². The molecule has 0 saturated heterocycles. The Labute approximate surface area is 104 Å². The van der Waals surface area contributed by atoms with Crippen molar-refractivity contribution in [1.29, 1.82) is 0 Å². The van der Waals surface area contributed by atoms with E-state index in [2.05, 4.69) is 20.3 Å². The molecule has 17 heavy (non-hydrogen) atoms. The van der Waals surface area contributed by atoms with Crippen molar-refractivity contribution in [3.05, 3.63) is 48.2 Å². The highest BCUT2D eigenvalue weighted by atomic mass is 32.1. The lowest BCUT2D eigenvalue weighted by atomic mass is 10.3. The molecule has 0 aromatic carbocycles. The fourth-order valence-electron chi connectivity index (χ4n) is 1.25. The molecule has 0 aliphatic heterocycles. The minimum absolute atomic E-state index is 0.347. The van der Waals surface area contributed by atoms with Gasteiger partial charge in [-0.1, -0.05) is 12.2 Å². The lowest BCUT2D eigenvalue weighted by Gasteiger charge is -2.05. The smallest absolute Gasteiger partial charge is 0.126 e. The highest BCUT2D eigenvalue weighted by Gasteiger charge is 1.98. The van der Waals surface area contributed by atoms with Gasteiger partial charge in [0.15, 0.2) is 0 Å². The summed E-state index contributed by atoms with van der Waals surface area (Å²) in [6.07, 6.45) is 4.86. The van der Waals surface area contributed by atoms with Crippen molar-refractivity contribution in [2.45, 2.75) is 6.54 Å². The Morgan fingerprint density at radius 3 is 2.76 bits per heavy atom. The summed E-state index contributed by atoms with van der Waals surface area (Å²) in [7, 11) is 0. The number of anilines is 1. The standard InChI is InChI=1S/C11H11N5S/c12-11(17)8-1-2-10(14-5-8)15-6-9-3-4-13-7-16-9/h1-5,7H,6H2,(H2,12,17)(H,14,15). The van der Waals surface area contributed by atoms with Crippen LogP contribution in [0.1, 0.15) is 11.3 Å². The third-order valence-corrected chi connectivity index (χ3v) is 2.38. The van der Waals surface area contributed by atoms with Crippen LogP contribution in [-0.4, -0.2) is 19.9 Å². The van der Waals surface area contributed by atoms with Crippen LogP contribution in [-0.2, 0) is 6.54 Å². The number of nitrogens with one attached hydrogen (secondary N) is 1. The van der Waals surface area contributed by atoms with Gasteiger partial charge >= 0.3 is 0 Å². The van der Waals surface area contributed by atoms with Gasteiger partial charge in [0.25, 0.3) is 0 Å². The lowest BCUT2D eigenvalue weighted by Crippen LogP contribution is -2.10. The van der Waals surface area contributed by atoms with Crippen LogP contribution in [0, 0.1) is 0 Å². The van der Waals surface area contributed by atoms with Crippen LogP contribution in [0.5, 0.6) is 0 Å². The van der Waals surface area contributed by atoms with Gasteiger partial charge < -0.3 is 11.1 Å². The predicted molar refractivity (Wildman–Crippen MR) is 69.5 cm³/mol. The van der Waals surface area contributed by atoms with Crippen molar-refractivity contribution in [3.8, 4) is 0 Å². The number of nitrogens with zero attached hydrogens (tertiary/aromatic N) is 3. The van der Waals surface area contributed by atoms with E-state index in [1.54, 1.807) is 12.4 Å². The average Bonchev–Trinajstić information content (AvgIpc) is 2.38. The lowest BCUT2D eigenvalue weighted by molar-refractivity contribution is 0.996. The van der Waals surface area contributed by atoms with Crippen molar-refractivity contribution in [1.82, 2.24) is 15.0 Å². The van der Waals surface area contributed by atoms with Gasteiger partial charge in [-0.15, -0.1) is 0 Å². The SMILES string of the molecule is NC(=S)c1ccc(NCc2ccncn2)nc1. The zero-order valence-electron chi connectivity index (χ0n) is 9.00. The van der Waals surface area contributed by atoms with Crippen molar-refractivity contribution < 1.29 is 0 Å². The maximum atomic E-state index is 5.48. The van der Waals surface area contributed by atoms with E-state index in [0.29, 0.717) is 11.5 Å². The van der Waals surface area contributed by atoms with Gasteiger partial charge in [0.05, 0.1) is 12.2 Å². The number of aromatic nitrogens is 3. The van der Waals surface area contributed by atoms with Crippen LogP contribution < -0.4 is 11.1 Å². The second-order valence-corrected chi connectivity index (χ2v) is 3.79. The minimum Gasteiger partial charge on any atom is -0.389 e. The second kappa shape index (κ2) is 5.31. The first-order valence-corrected chi connectivity index (χ1v) is 5.41. The summed E-state index contributed by atoms with van der Waals surface area (Å²) in [5, 5.41) is 3.14. The highest BCUT2D eigenvalue weighted by molar-refractivity contribution is 7.80. The maximum absolute atomic E-state index is 5.48. The van der Waals surface area contributed by atoms with Crippen LogP contribution in [0.4, 0.5) is 5.82 Å². The van der Waals surface area contributed by atoms with Gasteiger partial charge in [0.2, 0.25) is 0 Å². The quantitative estimate of drug-likeness (QED) is 0.786. The Kier molecular flexibility index (Phi) is 3.56. The molecule has 6 heteroatoms. The van der Waals surface area contributed by atoms with Gasteiger partial charge in [-0.05, 0) is 18.2 Å². The molecule has 2 aromatic rings. The summed E-state index contributed by atoms with van der Waals surface area (Å²) in [6.45, 7) is 0.599. The summed E-state index contributed by atoms with van der Waals surface area (Å²) >= 11 is 4.85. The molecule has 0 amide bonds. The molecular weight excluding hydrogens is 234 g/mol. The van der Waals surface area contributed by atoms with Gasteiger partial charge in [0.1, 0.15) is 17.1 Å². The van der Waals surface area contributed by atoms with E-state index < -0.39 is 0 Å². The first-order valence-electron chi connectivity index (χ1n) is 5.00. The molecule has 0 fully saturated rings. The topological polar surface area (TPSA) is 76.7 Å².